The van der Waals surface area contributed by atoms with E-state index in [1.54, 1.807) is 0 Å². The highest BCUT2D eigenvalue weighted by molar-refractivity contribution is 7.14. The van der Waals surface area contributed by atoms with Gasteiger partial charge < -0.3 is 5.32 Å². The molecule has 2 aromatic rings. The fraction of sp³-hybridized carbons (Fsp3) is 0.412. The van der Waals surface area contributed by atoms with Gasteiger partial charge in [-0.05, 0) is 55.9 Å². The minimum Gasteiger partial charge on any atom is -0.302 e. The van der Waals surface area contributed by atoms with Crippen LogP contribution in [0.4, 0.5) is 5.13 Å². The van der Waals surface area contributed by atoms with Gasteiger partial charge in [-0.25, -0.2) is 4.98 Å². The molecule has 1 fully saturated rings. The summed E-state index contributed by atoms with van der Waals surface area (Å²) in [5, 5.41) is 5.66. The Labute approximate surface area is 129 Å². The summed E-state index contributed by atoms with van der Waals surface area (Å²) >= 11 is 1.49. The number of carbonyl (C=O) groups excluding carboxylic acids is 1. The van der Waals surface area contributed by atoms with Crippen LogP contribution in [0.25, 0.3) is 11.3 Å². The van der Waals surface area contributed by atoms with Crippen molar-refractivity contribution in [2.75, 3.05) is 5.32 Å². The van der Waals surface area contributed by atoms with Crippen molar-refractivity contribution in [3.63, 3.8) is 0 Å². The Balaban J connectivity index is 1.81. The van der Waals surface area contributed by atoms with Crippen molar-refractivity contribution in [1.29, 1.82) is 0 Å². The molecule has 0 aliphatic heterocycles. The lowest BCUT2D eigenvalue weighted by molar-refractivity contribution is -0.117. The molecule has 3 rings (SSSR count). The first kappa shape index (κ1) is 14.3. The van der Waals surface area contributed by atoms with Gasteiger partial charge in [0.1, 0.15) is 0 Å². The molecule has 0 radical (unpaired) electrons. The van der Waals surface area contributed by atoms with E-state index in [2.05, 4.69) is 50.1 Å². The third-order valence-electron chi connectivity index (χ3n) is 4.30. The Bertz CT molecular complexity index is 705. The Morgan fingerprint density at radius 2 is 1.90 bits per heavy atom. The SMILES string of the molecule is Cc1cc(C)c(-c2csc(NC(=O)[C@H]3C[C@H]3C)n2)cc1C. The van der Waals surface area contributed by atoms with Crippen LogP contribution in [0, 0.1) is 32.6 Å². The summed E-state index contributed by atoms with van der Waals surface area (Å²) in [6.45, 7) is 8.44. The largest absolute Gasteiger partial charge is 0.302 e. The van der Waals surface area contributed by atoms with Crippen LogP contribution < -0.4 is 5.32 Å². The number of nitrogens with zero attached hydrogens (tertiary/aromatic N) is 1. The zero-order valence-corrected chi connectivity index (χ0v) is 13.7. The van der Waals surface area contributed by atoms with Gasteiger partial charge >= 0.3 is 0 Å². The molecule has 1 saturated carbocycles. The highest BCUT2D eigenvalue weighted by Crippen LogP contribution is 2.39. The number of aromatic nitrogens is 1. The maximum absolute atomic E-state index is 12.0. The normalized spacial score (nSPS) is 20.4. The molecule has 1 amide bonds. The van der Waals surface area contributed by atoms with E-state index in [1.807, 2.05) is 5.38 Å². The molecule has 3 nitrogen and oxygen atoms in total. The molecule has 1 heterocycles. The Hall–Kier alpha value is -1.68. The summed E-state index contributed by atoms with van der Waals surface area (Å²) in [5.41, 5.74) is 5.87. The number of thiazole rings is 1. The highest BCUT2D eigenvalue weighted by atomic mass is 32.1. The highest BCUT2D eigenvalue weighted by Gasteiger charge is 2.39. The van der Waals surface area contributed by atoms with E-state index in [4.69, 9.17) is 0 Å². The van der Waals surface area contributed by atoms with Gasteiger partial charge in [-0.2, -0.15) is 0 Å². The zero-order valence-electron chi connectivity index (χ0n) is 12.9. The second kappa shape index (κ2) is 5.26. The van der Waals surface area contributed by atoms with Gasteiger partial charge in [0.05, 0.1) is 5.69 Å². The second-order valence-corrected chi connectivity index (χ2v) is 6.96. The third kappa shape index (κ3) is 2.86. The van der Waals surface area contributed by atoms with E-state index in [0.717, 1.165) is 17.7 Å². The van der Waals surface area contributed by atoms with Gasteiger partial charge in [0, 0.05) is 16.9 Å². The average molecular weight is 300 g/mol. The lowest BCUT2D eigenvalue weighted by Gasteiger charge is -2.07. The molecule has 1 aromatic heterocycles. The van der Waals surface area contributed by atoms with Crippen LogP contribution in [0.2, 0.25) is 0 Å². The number of nitrogens with one attached hydrogen (secondary N) is 1. The van der Waals surface area contributed by atoms with E-state index >= 15 is 0 Å². The minimum absolute atomic E-state index is 0.111. The molecule has 0 spiro atoms. The van der Waals surface area contributed by atoms with Crippen molar-refractivity contribution >= 4 is 22.4 Å². The Kier molecular flexibility index (Phi) is 3.57. The molecule has 1 aliphatic rings. The first-order valence-corrected chi connectivity index (χ1v) is 8.18. The molecule has 110 valence electrons. The first-order valence-electron chi connectivity index (χ1n) is 7.30. The monoisotopic (exact) mass is 300 g/mol. The molecule has 1 N–H and O–H groups in total. The van der Waals surface area contributed by atoms with Crippen molar-refractivity contribution in [1.82, 2.24) is 4.98 Å². The average Bonchev–Trinajstić information content (AvgIpc) is 2.98. The van der Waals surface area contributed by atoms with Crippen molar-refractivity contribution in [3.8, 4) is 11.3 Å². The summed E-state index contributed by atoms with van der Waals surface area (Å²) in [6, 6.07) is 4.36. The van der Waals surface area contributed by atoms with Crippen LogP contribution in [0.1, 0.15) is 30.0 Å². The lowest BCUT2D eigenvalue weighted by atomic mass is 9.99. The van der Waals surface area contributed by atoms with Crippen LogP contribution in [-0.4, -0.2) is 10.9 Å². The molecule has 4 heteroatoms. The van der Waals surface area contributed by atoms with Crippen molar-refractivity contribution in [3.05, 3.63) is 34.2 Å². The first-order chi connectivity index (χ1) is 9.95. The summed E-state index contributed by atoms with van der Waals surface area (Å²) < 4.78 is 0. The molecule has 21 heavy (non-hydrogen) atoms. The summed E-state index contributed by atoms with van der Waals surface area (Å²) in [6.07, 6.45) is 1.00. The topological polar surface area (TPSA) is 42.0 Å². The molecule has 2 atom stereocenters. The summed E-state index contributed by atoms with van der Waals surface area (Å²) in [7, 11) is 0. The van der Waals surface area contributed by atoms with Crippen molar-refractivity contribution < 1.29 is 4.79 Å². The predicted molar refractivity (Wildman–Crippen MR) is 87.7 cm³/mol. The molecular formula is C17H20N2OS. The quantitative estimate of drug-likeness (QED) is 0.916. The maximum Gasteiger partial charge on any atom is 0.229 e. The third-order valence-corrected chi connectivity index (χ3v) is 5.05. The predicted octanol–water partition coefficient (Wildman–Crippen LogP) is 4.33. The fourth-order valence-electron chi connectivity index (χ4n) is 2.58. The number of benzene rings is 1. The van der Waals surface area contributed by atoms with Gasteiger partial charge in [-0.3, -0.25) is 4.79 Å². The minimum atomic E-state index is 0.111. The van der Waals surface area contributed by atoms with E-state index in [1.165, 1.54) is 28.0 Å². The van der Waals surface area contributed by atoms with E-state index < -0.39 is 0 Å². The van der Waals surface area contributed by atoms with Crippen LogP contribution in [-0.2, 0) is 4.79 Å². The molecular weight excluding hydrogens is 280 g/mol. The van der Waals surface area contributed by atoms with Crippen LogP contribution in [0.5, 0.6) is 0 Å². The van der Waals surface area contributed by atoms with E-state index in [0.29, 0.717) is 11.0 Å². The number of hydrogen-bond acceptors (Lipinski definition) is 3. The second-order valence-electron chi connectivity index (χ2n) is 6.10. The van der Waals surface area contributed by atoms with Gasteiger partial charge in [-0.15, -0.1) is 11.3 Å². The number of carbonyl (C=O) groups is 1. The van der Waals surface area contributed by atoms with Gasteiger partial charge in [0.25, 0.3) is 0 Å². The summed E-state index contributed by atoms with van der Waals surface area (Å²) in [4.78, 5) is 16.5. The molecule has 1 aliphatic carbocycles. The molecule has 0 unspecified atom stereocenters. The Morgan fingerprint density at radius 3 is 2.57 bits per heavy atom. The number of amides is 1. The van der Waals surface area contributed by atoms with Gasteiger partial charge in [-0.1, -0.05) is 13.0 Å². The van der Waals surface area contributed by atoms with Crippen molar-refractivity contribution in [2.45, 2.75) is 34.1 Å². The maximum atomic E-state index is 12.0. The standard InChI is InChI=1S/C17H20N2OS/c1-9-5-11(3)13(6-10(9)2)15-8-21-17(18-15)19-16(20)14-7-12(14)4/h5-6,8,12,14H,7H2,1-4H3,(H,18,19,20)/t12-,14+/m1/s1. The van der Waals surface area contributed by atoms with Gasteiger partial charge in [0.2, 0.25) is 5.91 Å². The number of rotatable bonds is 3. The van der Waals surface area contributed by atoms with E-state index in [-0.39, 0.29) is 11.8 Å². The number of aryl methyl sites for hydroxylation is 3. The zero-order chi connectivity index (χ0) is 15.1. The Morgan fingerprint density at radius 1 is 1.24 bits per heavy atom. The number of hydrogen-bond donors (Lipinski definition) is 1. The molecule has 0 bridgehead atoms. The summed E-state index contributed by atoms with van der Waals surface area (Å²) in [5.74, 6) is 0.812. The smallest absolute Gasteiger partial charge is 0.229 e. The molecule has 0 saturated heterocycles. The van der Waals surface area contributed by atoms with Crippen LogP contribution >= 0.6 is 11.3 Å². The van der Waals surface area contributed by atoms with Gasteiger partial charge in [0.15, 0.2) is 5.13 Å². The van der Waals surface area contributed by atoms with Crippen LogP contribution in [0.15, 0.2) is 17.5 Å². The van der Waals surface area contributed by atoms with Crippen molar-refractivity contribution in [2.24, 2.45) is 11.8 Å². The fourth-order valence-corrected chi connectivity index (χ4v) is 3.29. The van der Waals surface area contributed by atoms with Crippen LogP contribution in [0.3, 0.4) is 0 Å². The number of anilines is 1. The molecule has 1 aromatic carbocycles. The van der Waals surface area contributed by atoms with E-state index in [9.17, 15) is 4.79 Å². The lowest BCUT2D eigenvalue weighted by Crippen LogP contribution is -2.14.